The number of β-lactam (4-membered cyclic amide) rings is 1. The number of carbonyl (C=O) groups is 3. The molecule has 0 bridgehead atoms. The molecular formula is C16H17N3O6S. The van der Waals surface area contributed by atoms with Gasteiger partial charge in [0.1, 0.15) is 17.7 Å². The first-order valence-electron chi connectivity index (χ1n) is 7.85. The number of nitrogens with two attached hydrogens (primary N) is 1. The summed E-state index contributed by atoms with van der Waals surface area (Å²) in [4.78, 5) is 41.7. The molecule has 0 saturated carbocycles. The molecule has 1 aromatic rings. The Bertz CT molecular complexity index is 809. The first kappa shape index (κ1) is 18.4. The number of carboxylic acid groups (broad SMARTS) is 1. The average molecular weight is 379 g/mol. The summed E-state index contributed by atoms with van der Waals surface area (Å²) >= 11 is 1.12. The molecule has 0 unspecified atom stereocenters. The van der Waals surface area contributed by atoms with Gasteiger partial charge < -0.3 is 20.7 Å². The predicted molar refractivity (Wildman–Crippen MR) is 91.5 cm³/mol. The lowest BCUT2D eigenvalue weighted by Gasteiger charge is -2.43. The molecule has 0 aliphatic carbocycles. The van der Waals surface area contributed by atoms with Crippen molar-refractivity contribution in [2.45, 2.75) is 18.4 Å². The Hall–Kier alpha value is -2.43. The maximum atomic E-state index is 12.3. The fourth-order valence-electron chi connectivity index (χ4n) is 2.95. The number of ether oxygens (including phenoxy) is 1. The van der Waals surface area contributed by atoms with E-state index in [1.807, 2.05) is 0 Å². The second kappa shape index (κ2) is 7.06. The number of esters is 1. The van der Waals surface area contributed by atoms with Gasteiger partial charge in [-0.1, -0.05) is 11.8 Å². The minimum absolute atomic E-state index is 0.0237. The fourth-order valence-corrected chi connectivity index (χ4v) is 4.59. The lowest BCUT2D eigenvalue weighted by atomic mass is 9.92. The van der Waals surface area contributed by atoms with Gasteiger partial charge in [0.05, 0.1) is 22.5 Å². The number of fused-ring (bicyclic) bond motifs is 1. The Morgan fingerprint density at radius 3 is 2.85 bits per heavy atom. The first-order chi connectivity index (χ1) is 12.4. The molecule has 1 saturated heterocycles. The Morgan fingerprint density at radius 2 is 2.23 bits per heavy atom. The van der Waals surface area contributed by atoms with Crippen molar-refractivity contribution in [1.29, 1.82) is 0 Å². The van der Waals surface area contributed by atoms with Gasteiger partial charge in [-0.3, -0.25) is 14.7 Å². The van der Waals surface area contributed by atoms with Gasteiger partial charge in [0, 0.05) is 24.5 Å². The number of aromatic nitrogens is 1. The smallest absolute Gasteiger partial charge is 0.353 e. The van der Waals surface area contributed by atoms with Gasteiger partial charge in [-0.2, -0.15) is 0 Å². The van der Waals surface area contributed by atoms with Gasteiger partial charge in [-0.25, -0.2) is 9.59 Å². The maximum absolute atomic E-state index is 12.3. The Labute approximate surface area is 152 Å². The van der Waals surface area contributed by atoms with E-state index in [0.717, 1.165) is 16.7 Å². The number of aliphatic hydroxyl groups is 1. The number of rotatable bonds is 6. The minimum Gasteiger partial charge on any atom is -0.477 e. The molecule has 2 aliphatic rings. The summed E-state index contributed by atoms with van der Waals surface area (Å²) in [5.41, 5.74) is 5.52. The molecule has 10 heteroatoms. The van der Waals surface area contributed by atoms with Crippen molar-refractivity contribution in [3.8, 4) is 0 Å². The van der Waals surface area contributed by atoms with Crippen LogP contribution in [0.1, 0.15) is 22.8 Å². The van der Waals surface area contributed by atoms with E-state index < -0.39 is 35.2 Å². The summed E-state index contributed by atoms with van der Waals surface area (Å²) in [6, 6.07) is 1.42. The van der Waals surface area contributed by atoms with Gasteiger partial charge in [-0.15, -0.1) is 0 Å². The molecule has 3 heterocycles. The number of carbonyl (C=O) groups excluding carboxylic acids is 2. The number of pyridine rings is 1. The Balaban J connectivity index is 2.03. The van der Waals surface area contributed by atoms with Gasteiger partial charge in [0.15, 0.2) is 0 Å². The molecule has 3 rings (SSSR count). The lowest BCUT2D eigenvalue weighted by molar-refractivity contribution is -0.156. The molecule has 3 atom stereocenters. The molecular weight excluding hydrogens is 362 g/mol. The van der Waals surface area contributed by atoms with Crippen LogP contribution in [0.15, 0.2) is 24.2 Å². The highest BCUT2D eigenvalue weighted by atomic mass is 32.2. The minimum atomic E-state index is -1.29. The lowest BCUT2D eigenvalue weighted by Crippen LogP contribution is -2.60. The second-order valence-electron chi connectivity index (χ2n) is 5.81. The fraction of sp³-hybridized carbons (Fsp3) is 0.375. The number of carboxylic acids is 1. The van der Waals surface area contributed by atoms with Crippen LogP contribution in [0.3, 0.4) is 0 Å². The third-order valence-corrected chi connectivity index (χ3v) is 5.53. The molecule has 2 aliphatic heterocycles. The van der Waals surface area contributed by atoms with Crippen LogP contribution in [-0.4, -0.2) is 62.6 Å². The molecule has 1 amide bonds. The van der Waals surface area contributed by atoms with Crippen molar-refractivity contribution >= 4 is 34.5 Å². The van der Waals surface area contributed by atoms with E-state index in [2.05, 4.69) is 4.98 Å². The summed E-state index contributed by atoms with van der Waals surface area (Å²) in [7, 11) is 0. The maximum Gasteiger partial charge on any atom is 0.353 e. The molecule has 0 radical (unpaired) electrons. The van der Waals surface area contributed by atoms with Crippen LogP contribution in [-0.2, 0) is 14.3 Å². The monoisotopic (exact) mass is 379 g/mol. The van der Waals surface area contributed by atoms with Gasteiger partial charge >= 0.3 is 11.9 Å². The zero-order valence-corrected chi connectivity index (χ0v) is 14.6. The predicted octanol–water partition coefficient (Wildman–Crippen LogP) is -0.138. The first-order valence-corrected chi connectivity index (χ1v) is 8.73. The van der Waals surface area contributed by atoms with Crippen molar-refractivity contribution in [2.75, 3.05) is 13.2 Å². The van der Waals surface area contributed by atoms with Crippen LogP contribution in [0.5, 0.6) is 0 Å². The quantitative estimate of drug-likeness (QED) is 0.454. The van der Waals surface area contributed by atoms with E-state index in [1.54, 1.807) is 0 Å². The molecule has 0 aromatic carbocycles. The number of hydrogen-bond acceptors (Lipinski definition) is 8. The van der Waals surface area contributed by atoms with Gasteiger partial charge in [0.25, 0.3) is 0 Å². The molecule has 1 fully saturated rings. The zero-order chi connectivity index (χ0) is 19.0. The van der Waals surface area contributed by atoms with Gasteiger partial charge in [-0.05, 0) is 13.0 Å². The number of aliphatic carboxylic acids is 1. The molecule has 1 aromatic heterocycles. The largest absolute Gasteiger partial charge is 0.477 e. The highest BCUT2D eigenvalue weighted by molar-refractivity contribution is 8.09. The number of hydrogen-bond donors (Lipinski definition) is 3. The van der Waals surface area contributed by atoms with Crippen molar-refractivity contribution < 1.29 is 29.3 Å². The third kappa shape index (κ3) is 2.85. The summed E-state index contributed by atoms with van der Waals surface area (Å²) < 4.78 is 5.03. The van der Waals surface area contributed by atoms with Crippen LogP contribution in [0.2, 0.25) is 0 Å². The van der Waals surface area contributed by atoms with E-state index in [1.165, 1.54) is 25.4 Å². The van der Waals surface area contributed by atoms with E-state index in [9.17, 15) is 24.6 Å². The second-order valence-corrected chi connectivity index (χ2v) is 6.94. The molecule has 138 valence electrons. The number of nitrogens with zero attached hydrogens (tertiary/aromatic N) is 2. The molecule has 9 nitrogen and oxygen atoms in total. The number of aliphatic hydroxyl groups excluding tert-OH is 1. The Morgan fingerprint density at radius 1 is 1.50 bits per heavy atom. The molecule has 26 heavy (non-hydrogen) atoms. The van der Waals surface area contributed by atoms with Crippen LogP contribution >= 0.6 is 11.8 Å². The standard InChI is InChI=1S/C16H17N3O6S/c1-7(20)10-13(21)19-11(15(22)23)12(26-14(10)19)9-6-18-4-2-8(9)16(24)25-5-3-17/h2,4,6-7,10,14,20H,3,5,17H2,1H3,(H,22,23)/t7-,10+,14-/m1/s1. The summed E-state index contributed by atoms with van der Waals surface area (Å²) in [5, 5.41) is 18.9. The topological polar surface area (TPSA) is 143 Å². The van der Waals surface area contributed by atoms with Crippen LogP contribution in [0.4, 0.5) is 0 Å². The summed E-state index contributed by atoms with van der Waals surface area (Å²) in [6.07, 6.45) is 1.84. The highest BCUT2D eigenvalue weighted by Gasteiger charge is 2.58. The van der Waals surface area contributed by atoms with Crippen molar-refractivity contribution in [2.24, 2.45) is 11.7 Å². The normalized spacial score (nSPS) is 22.7. The summed E-state index contributed by atoms with van der Waals surface area (Å²) in [5.74, 6) is -3.10. The zero-order valence-electron chi connectivity index (χ0n) is 13.8. The van der Waals surface area contributed by atoms with Crippen molar-refractivity contribution in [3.63, 3.8) is 0 Å². The average Bonchev–Trinajstić information content (AvgIpc) is 2.94. The van der Waals surface area contributed by atoms with E-state index in [4.69, 9.17) is 10.5 Å². The third-order valence-electron chi connectivity index (χ3n) is 4.14. The summed E-state index contributed by atoms with van der Waals surface area (Å²) in [6.45, 7) is 1.67. The van der Waals surface area contributed by atoms with Crippen LogP contribution in [0, 0.1) is 5.92 Å². The molecule has 4 N–H and O–H groups in total. The number of thioether (sulfide) groups is 1. The van der Waals surface area contributed by atoms with E-state index in [0.29, 0.717) is 0 Å². The molecule has 0 spiro atoms. The van der Waals surface area contributed by atoms with Gasteiger partial charge in [0.2, 0.25) is 5.91 Å². The van der Waals surface area contributed by atoms with Crippen molar-refractivity contribution in [1.82, 2.24) is 9.88 Å². The van der Waals surface area contributed by atoms with E-state index in [-0.39, 0.29) is 34.9 Å². The highest BCUT2D eigenvalue weighted by Crippen LogP contribution is 2.54. The van der Waals surface area contributed by atoms with Crippen molar-refractivity contribution in [3.05, 3.63) is 35.3 Å². The number of amides is 1. The van der Waals surface area contributed by atoms with Crippen LogP contribution in [0.25, 0.3) is 4.91 Å². The van der Waals surface area contributed by atoms with E-state index >= 15 is 0 Å². The van der Waals surface area contributed by atoms with Crippen LogP contribution < -0.4 is 5.73 Å². The SMILES string of the molecule is C[C@@H](O)[C@H]1C(=O)N2C(C(=O)O)=C(c3cnccc3C(=O)OCCN)S[C@H]12. The Kier molecular flexibility index (Phi) is 4.99.